The van der Waals surface area contributed by atoms with E-state index < -0.39 is 57.3 Å². The van der Waals surface area contributed by atoms with Crippen molar-refractivity contribution in [3.8, 4) is 6.07 Å². The number of alkyl halides is 6. The number of hydrogen-bond acceptors (Lipinski definition) is 4. The molecule has 0 N–H and O–H groups in total. The van der Waals surface area contributed by atoms with Gasteiger partial charge in [-0.2, -0.15) is 43.4 Å². The van der Waals surface area contributed by atoms with Crippen LogP contribution in [0.3, 0.4) is 0 Å². The van der Waals surface area contributed by atoms with Gasteiger partial charge >= 0.3 is 12.4 Å². The van der Waals surface area contributed by atoms with Gasteiger partial charge in [0.05, 0.1) is 34.0 Å². The highest BCUT2D eigenvalue weighted by Crippen LogP contribution is 2.51. The molecule has 0 bridgehead atoms. The van der Waals surface area contributed by atoms with E-state index in [1.165, 1.54) is 23.9 Å². The van der Waals surface area contributed by atoms with Gasteiger partial charge in [0, 0.05) is 25.2 Å². The zero-order valence-corrected chi connectivity index (χ0v) is 22.0. The smallest absolute Gasteiger partial charge is 0.338 e. The lowest BCUT2D eigenvalue weighted by atomic mass is 9.74. The van der Waals surface area contributed by atoms with Crippen molar-refractivity contribution in [3.05, 3.63) is 68.7 Å². The minimum absolute atomic E-state index is 0.0601. The van der Waals surface area contributed by atoms with Crippen LogP contribution in [0.4, 0.5) is 26.3 Å². The molecule has 1 fully saturated rings. The number of hydrogen-bond donors (Lipinski definition) is 0. The fraction of sp³-hybridized carbons (Fsp3) is 0.400. The summed E-state index contributed by atoms with van der Waals surface area (Å²) in [6, 6.07) is 9.70. The maximum Gasteiger partial charge on any atom is 0.417 e. The zero-order valence-electron chi connectivity index (χ0n) is 19.7. The van der Waals surface area contributed by atoms with E-state index in [1.807, 2.05) is 0 Å². The van der Waals surface area contributed by atoms with Crippen molar-refractivity contribution in [2.45, 2.75) is 29.6 Å². The molecule has 2 aliphatic rings. The summed E-state index contributed by atoms with van der Waals surface area (Å²) >= 11 is 12.8. The molecule has 4 rings (SSSR count). The van der Waals surface area contributed by atoms with E-state index in [0.29, 0.717) is 22.9 Å². The molecule has 4 nitrogen and oxygen atoms in total. The quantitative estimate of drug-likeness (QED) is 0.364. The number of carbonyl (C=O) groups is 1. The summed E-state index contributed by atoms with van der Waals surface area (Å²) in [5, 5.41) is 8.26. The number of carbonyl (C=O) groups excluding carboxylic acids is 1. The summed E-state index contributed by atoms with van der Waals surface area (Å²) in [5.74, 6) is 0.213. The van der Waals surface area contributed by atoms with Gasteiger partial charge in [0.15, 0.2) is 0 Å². The Balaban J connectivity index is 1.62. The molecular weight excluding hydrogens is 575 g/mol. The Morgan fingerprint density at radius 2 is 1.74 bits per heavy atom. The first-order valence-corrected chi connectivity index (χ1v) is 13.3. The molecule has 0 aliphatic carbocycles. The van der Waals surface area contributed by atoms with Crippen LogP contribution in [-0.2, 0) is 21.8 Å². The molecule has 1 amide bonds. The van der Waals surface area contributed by atoms with Crippen LogP contribution in [-0.4, -0.2) is 54.3 Å². The minimum atomic E-state index is -5.00. The van der Waals surface area contributed by atoms with Gasteiger partial charge in [-0.3, -0.25) is 9.79 Å². The van der Waals surface area contributed by atoms with Crippen LogP contribution in [0.25, 0.3) is 0 Å². The fourth-order valence-corrected chi connectivity index (χ4v) is 5.60. The third kappa shape index (κ3) is 4.87. The highest BCUT2D eigenvalue weighted by molar-refractivity contribution is 7.99. The summed E-state index contributed by atoms with van der Waals surface area (Å²) in [7, 11) is 0. The van der Waals surface area contributed by atoms with Crippen LogP contribution >= 0.6 is 35.0 Å². The van der Waals surface area contributed by atoms with Crippen LogP contribution in [0.1, 0.15) is 28.7 Å². The normalized spacial score (nSPS) is 21.1. The van der Waals surface area contributed by atoms with E-state index in [-0.39, 0.29) is 24.7 Å². The number of rotatable bonds is 5. The van der Waals surface area contributed by atoms with E-state index in [0.717, 1.165) is 6.07 Å². The third-order valence-electron chi connectivity index (χ3n) is 6.96. The van der Waals surface area contributed by atoms with E-state index in [2.05, 4.69) is 11.1 Å². The summed E-state index contributed by atoms with van der Waals surface area (Å²) in [4.78, 5) is 17.7. The molecular formula is C25H19Cl2F6N3OS. The average molecular weight is 594 g/mol. The van der Waals surface area contributed by atoms with Crippen LogP contribution in [0.5, 0.6) is 0 Å². The van der Waals surface area contributed by atoms with Gasteiger partial charge in [-0.15, -0.1) is 0 Å². The third-order valence-corrected chi connectivity index (χ3v) is 8.30. The Morgan fingerprint density at radius 3 is 2.26 bits per heavy atom. The van der Waals surface area contributed by atoms with Gasteiger partial charge in [0.1, 0.15) is 10.8 Å². The second kappa shape index (κ2) is 9.96. The lowest BCUT2D eigenvalue weighted by Gasteiger charge is -2.46. The Labute approximate surface area is 228 Å². The Hall–Kier alpha value is -2.42. The van der Waals surface area contributed by atoms with Crippen molar-refractivity contribution in [2.75, 3.05) is 31.6 Å². The molecule has 38 heavy (non-hydrogen) atoms. The van der Waals surface area contributed by atoms with Crippen molar-refractivity contribution in [1.82, 2.24) is 4.90 Å². The summed E-state index contributed by atoms with van der Waals surface area (Å²) in [6.07, 6.45) is -8.85. The van der Waals surface area contributed by atoms with Gasteiger partial charge in [0.2, 0.25) is 5.91 Å². The number of benzene rings is 2. The Morgan fingerprint density at radius 1 is 1.11 bits per heavy atom. The van der Waals surface area contributed by atoms with Crippen LogP contribution < -0.4 is 0 Å². The number of nitrogens with zero attached hydrogens (tertiary/aromatic N) is 3. The van der Waals surface area contributed by atoms with Gasteiger partial charge in [-0.1, -0.05) is 47.5 Å². The number of halogens is 8. The van der Waals surface area contributed by atoms with Crippen molar-refractivity contribution >= 4 is 46.6 Å². The summed E-state index contributed by atoms with van der Waals surface area (Å²) in [5.41, 5.74) is -4.76. The molecule has 2 aliphatic heterocycles. The van der Waals surface area contributed by atoms with Gasteiger partial charge < -0.3 is 4.90 Å². The van der Waals surface area contributed by atoms with Gasteiger partial charge in [-0.25, -0.2) is 0 Å². The van der Waals surface area contributed by atoms with Crippen LogP contribution in [0.15, 0.2) is 41.4 Å². The van der Waals surface area contributed by atoms with E-state index >= 15 is 0 Å². The molecule has 202 valence electrons. The van der Waals surface area contributed by atoms with E-state index in [1.54, 1.807) is 23.3 Å². The summed E-state index contributed by atoms with van der Waals surface area (Å²) < 4.78 is 83.7. The molecule has 1 unspecified atom stereocenters. The fourth-order valence-electron chi connectivity index (χ4n) is 4.74. The predicted octanol–water partition coefficient (Wildman–Crippen LogP) is 6.67. The van der Waals surface area contributed by atoms with Crippen LogP contribution in [0.2, 0.25) is 10.0 Å². The molecule has 2 heterocycles. The van der Waals surface area contributed by atoms with Gasteiger partial charge in [0.25, 0.3) is 0 Å². The number of aliphatic imine (C=N–C) groups is 1. The highest BCUT2D eigenvalue weighted by atomic mass is 35.5. The molecule has 0 saturated carbocycles. The van der Waals surface area contributed by atoms with Crippen molar-refractivity contribution in [1.29, 1.82) is 5.26 Å². The minimum Gasteiger partial charge on any atom is -0.338 e. The lowest BCUT2D eigenvalue weighted by molar-refractivity contribution is -0.184. The average Bonchev–Trinajstić information content (AvgIpc) is 3.27. The molecule has 2 aromatic carbocycles. The number of likely N-dealkylation sites (tertiary alicyclic amines) is 1. The second-order valence-corrected chi connectivity index (χ2v) is 10.9. The molecule has 0 radical (unpaired) electrons. The monoisotopic (exact) mass is 593 g/mol. The van der Waals surface area contributed by atoms with Crippen LogP contribution in [0, 0.1) is 11.3 Å². The maximum absolute atomic E-state index is 14.4. The largest absolute Gasteiger partial charge is 0.417 e. The first-order valence-electron chi connectivity index (χ1n) is 11.1. The van der Waals surface area contributed by atoms with Gasteiger partial charge in [-0.05, 0) is 35.1 Å². The summed E-state index contributed by atoms with van der Waals surface area (Å²) in [6.45, 7) is -0.407. The van der Waals surface area contributed by atoms with Crippen molar-refractivity contribution in [3.63, 3.8) is 0 Å². The predicted molar refractivity (Wildman–Crippen MR) is 134 cm³/mol. The lowest BCUT2D eigenvalue weighted by Crippen LogP contribution is -2.61. The second-order valence-electron chi connectivity index (χ2n) is 9.29. The topological polar surface area (TPSA) is 56.5 Å². The van der Waals surface area contributed by atoms with E-state index in [9.17, 15) is 36.4 Å². The standard InChI is InChI=1S/C25H19Cl2F6N3OS/c1-38-9-20(37)36-12-22(10-34,13-36)15-4-2-14(3-5-15)19-8-23(11-35-19,25(31,32)33)16-6-17(24(28,29)30)21(27)18(26)7-16/h2-7H,8-9,11-13H2,1H3. The Kier molecular flexibility index (Phi) is 7.49. The first-order chi connectivity index (χ1) is 17.7. The highest BCUT2D eigenvalue weighted by Gasteiger charge is 2.59. The molecule has 0 aromatic heterocycles. The number of nitriles is 1. The first kappa shape index (κ1) is 28.6. The molecule has 1 saturated heterocycles. The van der Waals surface area contributed by atoms with Crippen molar-refractivity contribution < 1.29 is 31.1 Å². The Bertz CT molecular complexity index is 1330. The maximum atomic E-state index is 14.4. The van der Waals surface area contributed by atoms with Crippen molar-refractivity contribution in [2.24, 2.45) is 4.99 Å². The number of amides is 1. The zero-order chi connectivity index (χ0) is 28.1. The molecule has 13 heteroatoms. The molecule has 2 aromatic rings. The van der Waals surface area contributed by atoms with E-state index in [4.69, 9.17) is 23.2 Å². The number of thioether (sulfide) groups is 1. The molecule has 0 spiro atoms. The molecule has 1 atom stereocenters. The SMILES string of the molecule is CSCC(=O)N1CC(C#N)(c2ccc(C3=NCC(c4cc(Cl)c(Cl)c(C(F)(F)F)c4)(C(F)(F)F)C3)cc2)C1.